The molecule has 1 aromatic rings. The summed E-state index contributed by atoms with van der Waals surface area (Å²) < 4.78 is 0. The maximum absolute atomic E-state index is 12.6. The zero-order chi connectivity index (χ0) is 14.0. The van der Waals surface area contributed by atoms with Crippen LogP contribution in [0.3, 0.4) is 0 Å². The van der Waals surface area contributed by atoms with E-state index in [9.17, 15) is 4.79 Å². The first kappa shape index (κ1) is 14.0. The summed E-state index contributed by atoms with van der Waals surface area (Å²) in [5, 5.41) is 0. The van der Waals surface area contributed by atoms with Crippen LogP contribution in [-0.2, 0) is 4.79 Å². The van der Waals surface area contributed by atoms with Gasteiger partial charge in [0.25, 0.3) is 0 Å². The van der Waals surface area contributed by atoms with Crippen molar-refractivity contribution in [3.8, 4) is 0 Å². The number of carbonyl (C=O) groups excluding carboxylic acids is 1. The zero-order valence-electron chi connectivity index (χ0n) is 12.0. The van der Waals surface area contributed by atoms with Crippen LogP contribution in [-0.4, -0.2) is 43.5 Å². The second-order valence-corrected chi connectivity index (χ2v) is 5.28. The molecular weight excluding hydrogens is 238 g/mol. The summed E-state index contributed by atoms with van der Waals surface area (Å²) >= 11 is 0. The van der Waals surface area contributed by atoms with Gasteiger partial charge in [-0.3, -0.25) is 9.69 Å². The average molecular weight is 261 g/mol. The fourth-order valence-electron chi connectivity index (χ4n) is 2.66. The van der Waals surface area contributed by atoms with Crippen LogP contribution in [0.2, 0.25) is 0 Å². The van der Waals surface area contributed by atoms with E-state index in [0.29, 0.717) is 6.54 Å². The Labute approximate surface area is 115 Å². The van der Waals surface area contributed by atoms with Crippen molar-refractivity contribution in [3.05, 3.63) is 29.3 Å². The summed E-state index contributed by atoms with van der Waals surface area (Å²) in [7, 11) is 2.00. The Kier molecular flexibility index (Phi) is 4.22. The molecule has 0 saturated carbocycles. The number of piperazine rings is 1. The molecule has 1 saturated heterocycles. The Morgan fingerprint density at radius 1 is 1.32 bits per heavy atom. The van der Waals surface area contributed by atoms with Gasteiger partial charge in [0.2, 0.25) is 5.91 Å². The molecule has 1 unspecified atom stereocenters. The van der Waals surface area contributed by atoms with Gasteiger partial charge in [-0.05, 0) is 51.1 Å². The van der Waals surface area contributed by atoms with Crippen molar-refractivity contribution in [2.75, 3.05) is 31.6 Å². The fraction of sp³-hybridized carbons (Fsp3) is 0.533. The molecule has 1 aromatic carbocycles. The molecule has 1 aliphatic rings. The molecule has 0 spiro atoms. The van der Waals surface area contributed by atoms with Crippen LogP contribution in [0.15, 0.2) is 18.2 Å². The molecule has 1 atom stereocenters. The van der Waals surface area contributed by atoms with Crippen molar-refractivity contribution in [1.82, 2.24) is 4.90 Å². The number of hydrogen-bond acceptors (Lipinski definition) is 3. The van der Waals surface area contributed by atoms with E-state index in [4.69, 9.17) is 5.73 Å². The highest BCUT2D eigenvalue weighted by Crippen LogP contribution is 2.26. The molecule has 1 fully saturated rings. The van der Waals surface area contributed by atoms with Crippen LogP contribution in [0.1, 0.15) is 17.5 Å². The van der Waals surface area contributed by atoms with E-state index in [-0.39, 0.29) is 11.9 Å². The first-order valence-corrected chi connectivity index (χ1v) is 6.84. The van der Waals surface area contributed by atoms with E-state index in [1.165, 1.54) is 11.1 Å². The Balaban J connectivity index is 2.30. The zero-order valence-corrected chi connectivity index (χ0v) is 12.0. The highest BCUT2D eigenvalue weighted by atomic mass is 16.2. The Hall–Kier alpha value is -1.39. The lowest BCUT2D eigenvalue weighted by atomic mass is 10.0. The van der Waals surface area contributed by atoms with Gasteiger partial charge < -0.3 is 10.6 Å². The third kappa shape index (κ3) is 2.65. The van der Waals surface area contributed by atoms with E-state index in [1.807, 2.05) is 24.1 Å². The smallest absolute Gasteiger partial charge is 0.244 e. The third-order valence-corrected chi connectivity index (χ3v) is 4.07. The van der Waals surface area contributed by atoms with Crippen molar-refractivity contribution >= 4 is 11.6 Å². The first-order valence-electron chi connectivity index (χ1n) is 6.84. The minimum atomic E-state index is -0.0846. The number of likely N-dealkylation sites (N-methyl/N-ethyl adjacent to an activating group) is 1. The maximum atomic E-state index is 12.6. The standard InChI is InChI=1S/C15H23N3O/c1-11-5-4-6-13(12(11)2)18-10-9-17(3)14(7-8-16)15(18)19/h4-6,14H,7-10,16H2,1-3H3. The molecule has 0 radical (unpaired) electrons. The highest BCUT2D eigenvalue weighted by molar-refractivity contribution is 5.98. The number of nitrogens with two attached hydrogens (primary N) is 1. The number of nitrogens with zero attached hydrogens (tertiary/aromatic N) is 2. The second-order valence-electron chi connectivity index (χ2n) is 5.28. The van der Waals surface area contributed by atoms with Crippen molar-refractivity contribution in [2.45, 2.75) is 26.3 Å². The lowest BCUT2D eigenvalue weighted by molar-refractivity contribution is -0.125. The van der Waals surface area contributed by atoms with E-state index in [2.05, 4.69) is 24.8 Å². The molecule has 1 amide bonds. The number of benzene rings is 1. The van der Waals surface area contributed by atoms with Gasteiger partial charge in [0.15, 0.2) is 0 Å². The number of hydrogen-bond donors (Lipinski definition) is 1. The van der Waals surface area contributed by atoms with Crippen LogP contribution in [0.4, 0.5) is 5.69 Å². The molecule has 2 rings (SSSR count). The lowest BCUT2D eigenvalue weighted by Crippen LogP contribution is -2.56. The molecule has 4 heteroatoms. The Morgan fingerprint density at radius 3 is 2.74 bits per heavy atom. The monoisotopic (exact) mass is 261 g/mol. The fourth-order valence-corrected chi connectivity index (χ4v) is 2.66. The third-order valence-electron chi connectivity index (χ3n) is 4.07. The average Bonchev–Trinajstić information content (AvgIpc) is 2.39. The van der Waals surface area contributed by atoms with Crippen molar-refractivity contribution in [3.63, 3.8) is 0 Å². The van der Waals surface area contributed by atoms with Gasteiger partial charge in [-0.2, -0.15) is 0 Å². The summed E-state index contributed by atoms with van der Waals surface area (Å²) in [4.78, 5) is 16.6. The molecule has 0 aliphatic carbocycles. The second kappa shape index (κ2) is 5.72. The number of amides is 1. The van der Waals surface area contributed by atoms with Crippen LogP contribution in [0.25, 0.3) is 0 Å². The van der Waals surface area contributed by atoms with Crippen LogP contribution in [0.5, 0.6) is 0 Å². The number of carbonyl (C=O) groups is 1. The van der Waals surface area contributed by atoms with Gasteiger partial charge in [-0.25, -0.2) is 0 Å². The van der Waals surface area contributed by atoms with Gasteiger partial charge in [-0.15, -0.1) is 0 Å². The molecule has 0 aromatic heterocycles. The molecule has 1 heterocycles. The summed E-state index contributed by atoms with van der Waals surface area (Å²) in [5.74, 6) is 0.174. The van der Waals surface area contributed by atoms with Crippen LogP contribution < -0.4 is 10.6 Å². The highest BCUT2D eigenvalue weighted by Gasteiger charge is 2.33. The van der Waals surface area contributed by atoms with Gasteiger partial charge in [-0.1, -0.05) is 12.1 Å². The molecule has 104 valence electrons. The Bertz CT molecular complexity index is 472. The lowest BCUT2D eigenvalue weighted by Gasteiger charge is -2.39. The van der Waals surface area contributed by atoms with E-state index in [1.54, 1.807) is 0 Å². The van der Waals surface area contributed by atoms with Gasteiger partial charge >= 0.3 is 0 Å². The van der Waals surface area contributed by atoms with Crippen LogP contribution >= 0.6 is 0 Å². The predicted molar refractivity (Wildman–Crippen MR) is 78.4 cm³/mol. The van der Waals surface area contributed by atoms with E-state index >= 15 is 0 Å². The largest absolute Gasteiger partial charge is 0.330 e. The van der Waals surface area contributed by atoms with Crippen molar-refractivity contribution in [2.24, 2.45) is 5.73 Å². The van der Waals surface area contributed by atoms with Crippen LogP contribution in [0, 0.1) is 13.8 Å². The summed E-state index contributed by atoms with van der Waals surface area (Å²) in [6, 6.07) is 6.04. The molecule has 1 aliphatic heterocycles. The van der Waals surface area contributed by atoms with E-state index in [0.717, 1.165) is 25.2 Å². The summed E-state index contributed by atoms with van der Waals surface area (Å²) in [6.07, 6.45) is 0.719. The molecular formula is C15H23N3O. The minimum absolute atomic E-state index is 0.0846. The number of aryl methyl sites for hydroxylation is 1. The molecule has 4 nitrogen and oxygen atoms in total. The topological polar surface area (TPSA) is 49.6 Å². The first-order chi connectivity index (χ1) is 9.06. The van der Waals surface area contributed by atoms with Gasteiger partial charge in [0, 0.05) is 18.8 Å². The predicted octanol–water partition coefficient (Wildman–Crippen LogP) is 1.30. The van der Waals surface area contributed by atoms with Gasteiger partial charge in [0.1, 0.15) is 0 Å². The number of anilines is 1. The molecule has 0 bridgehead atoms. The molecule has 19 heavy (non-hydrogen) atoms. The molecule has 2 N–H and O–H groups in total. The summed E-state index contributed by atoms with van der Waals surface area (Å²) in [5.41, 5.74) is 9.08. The van der Waals surface area contributed by atoms with E-state index < -0.39 is 0 Å². The number of rotatable bonds is 3. The quantitative estimate of drug-likeness (QED) is 0.892. The normalized spacial score (nSPS) is 20.9. The van der Waals surface area contributed by atoms with Gasteiger partial charge in [0.05, 0.1) is 6.04 Å². The maximum Gasteiger partial charge on any atom is 0.244 e. The Morgan fingerprint density at radius 2 is 2.05 bits per heavy atom. The van der Waals surface area contributed by atoms with Crippen molar-refractivity contribution in [1.29, 1.82) is 0 Å². The SMILES string of the molecule is Cc1cccc(N2CCN(C)C(CCN)C2=O)c1C. The minimum Gasteiger partial charge on any atom is -0.330 e. The van der Waals surface area contributed by atoms with Crippen molar-refractivity contribution < 1.29 is 4.79 Å². The summed E-state index contributed by atoms with van der Waals surface area (Å²) in [6.45, 7) is 6.34.